The molecule has 2 aromatic heterocycles. The van der Waals surface area contributed by atoms with Crippen molar-refractivity contribution in [3.05, 3.63) is 71.7 Å². The van der Waals surface area contributed by atoms with Gasteiger partial charge in [0.1, 0.15) is 0 Å². The minimum absolute atomic E-state index is 0.168. The van der Waals surface area contributed by atoms with Crippen LogP contribution in [0, 0.1) is 0 Å². The van der Waals surface area contributed by atoms with Crippen LogP contribution in [0.3, 0.4) is 0 Å². The molecule has 0 bridgehead atoms. The van der Waals surface area contributed by atoms with Crippen LogP contribution in [-0.2, 0) is 7.05 Å². The number of carbonyl (C=O) groups is 1. The van der Waals surface area contributed by atoms with Gasteiger partial charge >= 0.3 is 0 Å². The molecule has 25 heavy (non-hydrogen) atoms. The van der Waals surface area contributed by atoms with Crippen LogP contribution >= 0.6 is 11.3 Å². The summed E-state index contributed by atoms with van der Waals surface area (Å²) in [4.78, 5) is 13.8. The molecule has 4 rings (SSSR count). The van der Waals surface area contributed by atoms with Crippen molar-refractivity contribution >= 4 is 39.5 Å². The molecule has 2 aromatic carbocycles. The summed E-state index contributed by atoms with van der Waals surface area (Å²) in [5.41, 5.74) is 9.90. The van der Waals surface area contributed by atoms with Gasteiger partial charge < -0.3 is 15.6 Å². The summed E-state index contributed by atoms with van der Waals surface area (Å²) in [5.74, 6) is -0.168. The number of amides is 1. The van der Waals surface area contributed by atoms with Crippen molar-refractivity contribution in [2.75, 3.05) is 11.1 Å². The van der Waals surface area contributed by atoms with Crippen LogP contribution < -0.4 is 11.1 Å². The average Bonchev–Trinajstić information content (AvgIpc) is 3.27. The molecule has 0 spiro atoms. The fourth-order valence-corrected chi connectivity index (χ4v) is 3.58. The summed E-state index contributed by atoms with van der Waals surface area (Å²) in [5, 5.41) is 6.07. The Morgan fingerprint density at radius 2 is 2.00 bits per heavy atom. The third-order valence-electron chi connectivity index (χ3n) is 4.26. The number of nitrogen functional groups attached to an aromatic ring is 1. The summed E-state index contributed by atoms with van der Waals surface area (Å²) in [7, 11) is 1.96. The van der Waals surface area contributed by atoms with E-state index in [-0.39, 0.29) is 5.91 Å². The summed E-state index contributed by atoms with van der Waals surface area (Å²) in [6.45, 7) is 0. The van der Waals surface area contributed by atoms with E-state index in [0.717, 1.165) is 21.3 Å². The molecule has 124 valence electrons. The van der Waals surface area contributed by atoms with E-state index >= 15 is 0 Å². The normalized spacial score (nSPS) is 10.9. The van der Waals surface area contributed by atoms with E-state index in [0.29, 0.717) is 16.9 Å². The molecule has 5 heteroatoms. The van der Waals surface area contributed by atoms with Gasteiger partial charge in [0, 0.05) is 29.2 Å². The van der Waals surface area contributed by atoms with Gasteiger partial charge in [0.15, 0.2) is 0 Å². The maximum absolute atomic E-state index is 12.7. The number of hydrogen-bond acceptors (Lipinski definition) is 3. The molecule has 2 heterocycles. The molecule has 0 fully saturated rings. The zero-order valence-electron chi connectivity index (χ0n) is 13.7. The number of aryl methyl sites for hydroxylation is 1. The summed E-state index contributed by atoms with van der Waals surface area (Å²) in [6, 6.07) is 17.5. The number of fused-ring (bicyclic) bond motifs is 1. The predicted octanol–water partition coefficient (Wildman–Crippen LogP) is 4.74. The topological polar surface area (TPSA) is 60.0 Å². The minimum Gasteiger partial charge on any atom is -0.397 e. The summed E-state index contributed by atoms with van der Waals surface area (Å²) in [6.07, 6.45) is 1.98. The molecule has 4 aromatic rings. The number of rotatable bonds is 3. The van der Waals surface area contributed by atoms with Crippen LogP contribution in [0.1, 0.15) is 10.4 Å². The first-order valence-electron chi connectivity index (χ1n) is 7.92. The molecule has 3 N–H and O–H groups in total. The fourth-order valence-electron chi connectivity index (χ4n) is 2.86. The summed E-state index contributed by atoms with van der Waals surface area (Å²) < 4.78 is 2.00. The maximum atomic E-state index is 12.7. The van der Waals surface area contributed by atoms with E-state index in [4.69, 9.17) is 5.73 Å². The van der Waals surface area contributed by atoms with E-state index in [1.54, 1.807) is 11.3 Å². The number of aromatic nitrogens is 1. The molecule has 4 nitrogen and oxygen atoms in total. The maximum Gasteiger partial charge on any atom is 0.255 e. The van der Waals surface area contributed by atoms with Crippen molar-refractivity contribution in [1.82, 2.24) is 4.57 Å². The quantitative estimate of drug-likeness (QED) is 0.526. The second kappa shape index (κ2) is 6.11. The monoisotopic (exact) mass is 347 g/mol. The molecule has 0 aliphatic carbocycles. The molecular formula is C20H17N3OS. The lowest BCUT2D eigenvalue weighted by molar-refractivity contribution is 0.102. The second-order valence-corrected chi connectivity index (χ2v) is 6.88. The van der Waals surface area contributed by atoms with Gasteiger partial charge in [0.25, 0.3) is 5.91 Å². The Morgan fingerprint density at radius 3 is 2.80 bits per heavy atom. The van der Waals surface area contributed by atoms with E-state index in [2.05, 4.69) is 5.32 Å². The van der Waals surface area contributed by atoms with Gasteiger partial charge in [-0.1, -0.05) is 18.2 Å². The van der Waals surface area contributed by atoms with E-state index in [9.17, 15) is 4.79 Å². The first kappa shape index (κ1) is 15.5. The van der Waals surface area contributed by atoms with Crippen LogP contribution in [0.2, 0.25) is 0 Å². The lowest BCUT2D eigenvalue weighted by Gasteiger charge is -2.10. The molecular weight excluding hydrogens is 330 g/mol. The Kier molecular flexibility index (Phi) is 3.78. The molecule has 0 unspecified atom stereocenters. The van der Waals surface area contributed by atoms with Gasteiger partial charge in [-0.2, -0.15) is 0 Å². The van der Waals surface area contributed by atoms with Crippen molar-refractivity contribution in [3.63, 3.8) is 0 Å². The first-order chi connectivity index (χ1) is 12.1. The Balaban J connectivity index is 1.65. The highest BCUT2D eigenvalue weighted by Crippen LogP contribution is 2.30. The predicted molar refractivity (Wildman–Crippen MR) is 105 cm³/mol. The molecule has 0 aliphatic rings. The zero-order valence-corrected chi connectivity index (χ0v) is 14.5. The van der Waals surface area contributed by atoms with Crippen LogP contribution in [0.25, 0.3) is 21.3 Å². The van der Waals surface area contributed by atoms with Crippen molar-refractivity contribution < 1.29 is 4.79 Å². The van der Waals surface area contributed by atoms with Crippen molar-refractivity contribution in [2.24, 2.45) is 7.05 Å². The molecule has 0 atom stereocenters. The van der Waals surface area contributed by atoms with E-state index in [1.165, 1.54) is 0 Å². The smallest absolute Gasteiger partial charge is 0.255 e. The highest BCUT2D eigenvalue weighted by atomic mass is 32.1. The second-order valence-electron chi connectivity index (χ2n) is 5.93. The van der Waals surface area contributed by atoms with Crippen molar-refractivity contribution in [3.8, 4) is 10.4 Å². The Bertz CT molecular complexity index is 1060. The van der Waals surface area contributed by atoms with E-state index in [1.807, 2.05) is 77.8 Å². The standard InChI is InChI=1S/C20H17N3OS/c1-23-9-8-13-4-5-15(12-18(13)23)20(24)22-17-11-14(6-7-16(17)21)19-3-2-10-25-19/h2-12H,21H2,1H3,(H,22,24). The third kappa shape index (κ3) is 2.90. The third-order valence-corrected chi connectivity index (χ3v) is 5.18. The Morgan fingerprint density at radius 1 is 1.12 bits per heavy atom. The Hall–Kier alpha value is -3.05. The lowest BCUT2D eigenvalue weighted by Crippen LogP contribution is -2.13. The highest BCUT2D eigenvalue weighted by Gasteiger charge is 2.11. The number of nitrogens with two attached hydrogens (primary N) is 1. The molecule has 0 saturated carbocycles. The van der Waals surface area contributed by atoms with Crippen LogP contribution in [0.5, 0.6) is 0 Å². The Labute approximate surface area is 149 Å². The number of anilines is 2. The van der Waals surface area contributed by atoms with Gasteiger partial charge in [-0.15, -0.1) is 11.3 Å². The largest absolute Gasteiger partial charge is 0.397 e. The molecule has 0 aliphatic heterocycles. The fraction of sp³-hybridized carbons (Fsp3) is 0.0500. The number of thiophene rings is 1. The number of nitrogens with zero attached hydrogens (tertiary/aromatic N) is 1. The number of carbonyl (C=O) groups excluding carboxylic acids is 1. The zero-order chi connectivity index (χ0) is 17.4. The van der Waals surface area contributed by atoms with Crippen LogP contribution in [-0.4, -0.2) is 10.5 Å². The van der Waals surface area contributed by atoms with Gasteiger partial charge in [0.05, 0.1) is 11.4 Å². The number of hydrogen-bond donors (Lipinski definition) is 2. The van der Waals surface area contributed by atoms with Crippen LogP contribution in [0.15, 0.2) is 66.2 Å². The lowest BCUT2D eigenvalue weighted by atomic mass is 10.1. The van der Waals surface area contributed by atoms with Gasteiger partial charge in [-0.25, -0.2) is 0 Å². The van der Waals surface area contributed by atoms with Crippen LogP contribution in [0.4, 0.5) is 11.4 Å². The van der Waals surface area contributed by atoms with Gasteiger partial charge in [-0.3, -0.25) is 4.79 Å². The SMILES string of the molecule is Cn1ccc2ccc(C(=O)Nc3cc(-c4cccs4)ccc3N)cc21. The van der Waals surface area contributed by atoms with E-state index < -0.39 is 0 Å². The van der Waals surface area contributed by atoms with Crippen molar-refractivity contribution in [1.29, 1.82) is 0 Å². The minimum atomic E-state index is -0.168. The van der Waals surface area contributed by atoms with Gasteiger partial charge in [0.2, 0.25) is 0 Å². The number of benzene rings is 2. The average molecular weight is 347 g/mol. The molecule has 1 amide bonds. The summed E-state index contributed by atoms with van der Waals surface area (Å²) >= 11 is 1.65. The van der Waals surface area contributed by atoms with Gasteiger partial charge in [-0.05, 0) is 52.7 Å². The first-order valence-corrected chi connectivity index (χ1v) is 8.79. The molecule has 0 radical (unpaired) electrons. The molecule has 0 saturated heterocycles. The van der Waals surface area contributed by atoms with Crippen molar-refractivity contribution in [2.45, 2.75) is 0 Å². The highest BCUT2D eigenvalue weighted by molar-refractivity contribution is 7.13. The number of nitrogens with one attached hydrogen (secondary N) is 1.